The van der Waals surface area contributed by atoms with E-state index in [-0.39, 0.29) is 0 Å². The second kappa shape index (κ2) is 7.65. The van der Waals surface area contributed by atoms with E-state index < -0.39 is 0 Å². The molecule has 1 heterocycles. The molecule has 1 aromatic rings. The number of nitrogens with one attached hydrogen (secondary N) is 1. The molecule has 0 amide bonds. The first-order valence-electron chi connectivity index (χ1n) is 7.29. The highest BCUT2D eigenvalue weighted by atomic mass is 15.2. The zero-order valence-corrected chi connectivity index (χ0v) is 13.3. The van der Waals surface area contributed by atoms with Gasteiger partial charge >= 0.3 is 0 Å². The highest BCUT2D eigenvalue weighted by molar-refractivity contribution is 4.92. The number of hydrogen-bond acceptors (Lipinski definition) is 3. The van der Waals surface area contributed by atoms with Crippen LogP contribution in [0.25, 0.3) is 0 Å². The Morgan fingerprint density at radius 2 is 1.95 bits per heavy atom. The topological polar surface area (TPSA) is 33.1 Å². The van der Waals surface area contributed by atoms with Gasteiger partial charge in [-0.25, -0.2) is 4.98 Å². The summed E-state index contributed by atoms with van der Waals surface area (Å²) in [6, 6.07) is 0.537. The summed E-state index contributed by atoms with van der Waals surface area (Å²) in [6.07, 6.45) is 3.87. The van der Waals surface area contributed by atoms with Gasteiger partial charge in [0.1, 0.15) is 5.82 Å². The van der Waals surface area contributed by atoms with E-state index in [9.17, 15) is 0 Å². The SMILES string of the molecule is CC(C)CNCC(C(C)C)N(C)Cc1nccn1C. The van der Waals surface area contributed by atoms with Crippen molar-refractivity contribution >= 4 is 0 Å². The number of nitrogens with zero attached hydrogens (tertiary/aromatic N) is 3. The van der Waals surface area contributed by atoms with Crippen molar-refractivity contribution in [1.29, 1.82) is 0 Å². The van der Waals surface area contributed by atoms with Gasteiger partial charge < -0.3 is 9.88 Å². The van der Waals surface area contributed by atoms with Crippen LogP contribution in [0.1, 0.15) is 33.5 Å². The van der Waals surface area contributed by atoms with Gasteiger partial charge in [0.15, 0.2) is 0 Å². The van der Waals surface area contributed by atoms with Crippen molar-refractivity contribution in [2.24, 2.45) is 18.9 Å². The average molecular weight is 266 g/mol. The molecule has 0 saturated carbocycles. The molecular weight excluding hydrogens is 236 g/mol. The van der Waals surface area contributed by atoms with E-state index in [1.54, 1.807) is 0 Å². The van der Waals surface area contributed by atoms with E-state index in [0.717, 1.165) is 25.5 Å². The summed E-state index contributed by atoms with van der Waals surface area (Å²) in [5, 5.41) is 3.57. The Balaban J connectivity index is 2.53. The molecular formula is C15H30N4. The van der Waals surface area contributed by atoms with Crippen LogP contribution in [-0.2, 0) is 13.6 Å². The first kappa shape index (κ1) is 16.2. The van der Waals surface area contributed by atoms with Crippen LogP contribution < -0.4 is 5.32 Å². The van der Waals surface area contributed by atoms with Gasteiger partial charge in [-0.1, -0.05) is 27.7 Å². The number of aromatic nitrogens is 2. The molecule has 0 aliphatic heterocycles. The molecule has 0 bridgehead atoms. The van der Waals surface area contributed by atoms with Crippen LogP contribution in [-0.4, -0.2) is 40.6 Å². The van der Waals surface area contributed by atoms with Crippen molar-refractivity contribution < 1.29 is 0 Å². The summed E-state index contributed by atoms with van der Waals surface area (Å²) in [5.74, 6) is 2.45. The van der Waals surface area contributed by atoms with E-state index >= 15 is 0 Å². The summed E-state index contributed by atoms with van der Waals surface area (Å²) in [4.78, 5) is 6.81. The normalized spacial score (nSPS) is 13.7. The Morgan fingerprint density at radius 1 is 1.26 bits per heavy atom. The minimum atomic E-state index is 0.537. The number of aryl methyl sites for hydroxylation is 1. The molecule has 1 rings (SSSR count). The molecule has 19 heavy (non-hydrogen) atoms. The zero-order valence-electron chi connectivity index (χ0n) is 13.3. The minimum absolute atomic E-state index is 0.537. The van der Waals surface area contributed by atoms with Gasteiger partial charge in [-0.15, -0.1) is 0 Å². The Kier molecular flexibility index (Phi) is 6.52. The summed E-state index contributed by atoms with van der Waals surface area (Å²) in [7, 11) is 4.24. The van der Waals surface area contributed by atoms with E-state index in [2.05, 4.69) is 61.6 Å². The predicted molar refractivity (Wildman–Crippen MR) is 81.0 cm³/mol. The molecule has 110 valence electrons. The molecule has 1 aromatic heterocycles. The first-order chi connectivity index (χ1) is 8.91. The van der Waals surface area contributed by atoms with E-state index in [0.29, 0.717) is 17.9 Å². The summed E-state index contributed by atoms with van der Waals surface area (Å²) < 4.78 is 2.09. The molecule has 4 nitrogen and oxygen atoms in total. The number of imidazole rings is 1. The monoisotopic (exact) mass is 266 g/mol. The maximum absolute atomic E-state index is 4.41. The summed E-state index contributed by atoms with van der Waals surface area (Å²) >= 11 is 0. The fourth-order valence-electron chi connectivity index (χ4n) is 2.31. The van der Waals surface area contributed by atoms with Crippen molar-refractivity contribution in [3.8, 4) is 0 Å². The van der Waals surface area contributed by atoms with Crippen LogP contribution in [0, 0.1) is 11.8 Å². The molecule has 0 fully saturated rings. The van der Waals surface area contributed by atoms with Crippen LogP contribution in [0.2, 0.25) is 0 Å². The third kappa shape index (κ3) is 5.33. The molecule has 0 aliphatic rings. The Hall–Kier alpha value is -0.870. The van der Waals surface area contributed by atoms with Crippen molar-refractivity contribution in [3.63, 3.8) is 0 Å². The molecule has 0 spiro atoms. The van der Waals surface area contributed by atoms with E-state index in [4.69, 9.17) is 0 Å². The van der Waals surface area contributed by atoms with Gasteiger partial charge in [-0.3, -0.25) is 4.90 Å². The highest BCUT2D eigenvalue weighted by Gasteiger charge is 2.19. The summed E-state index contributed by atoms with van der Waals surface area (Å²) in [6.45, 7) is 12.1. The maximum atomic E-state index is 4.41. The van der Waals surface area contributed by atoms with Crippen molar-refractivity contribution in [1.82, 2.24) is 19.8 Å². The lowest BCUT2D eigenvalue weighted by atomic mass is 10.0. The van der Waals surface area contributed by atoms with Crippen molar-refractivity contribution in [3.05, 3.63) is 18.2 Å². The minimum Gasteiger partial charge on any atom is -0.337 e. The number of rotatable bonds is 8. The van der Waals surface area contributed by atoms with Crippen molar-refractivity contribution in [2.45, 2.75) is 40.3 Å². The van der Waals surface area contributed by atoms with Gasteiger partial charge in [0.05, 0.1) is 6.54 Å². The zero-order chi connectivity index (χ0) is 14.4. The van der Waals surface area contributed by atoms with E-state index in [1.165, 1.54) is 0 Å². The smallest absolute Gasteiger partial charge is 0.122 e. The van der Waals surface area contributed by atoms with Crippen molar-refractivity contribution in [2.75, 3.05) is 20.1 Å². The van der Waals surface area contributed by atoms with E-state index in [1.807, 2.05) is 12.4 Å². The quantitative estimate of drug-likeness (QED) is 0.782. The van der Waals surface area contributed by atoms with Gasteiger partial charge in [0.2, 0.25) is 0 Å². The Labute approximate surface area is 118 Å². The van der Waals surface area contributed by atoms with Crippen LogP contribution >= 0.6 is 0 Å². The lowest BCUT2D eigenvalue weighted by Crippen LogP contribution is -2.44. The number of hydrogen-bond donors (Lipinski definition) is 1. The molecule has 4 heteroatoms. The van der Waals surface area contributed by atoms with Gasteiger partial charge in [0, 0.05) is 32.0 Å². The Morgan fingerprint density at radius 3 is 2.42 bits per heavy atom. The molecule has 1 atom stereocenters. The standard InChI is InChI=1S/C15H30N4/c1-12(2)9-16-10-14(13(3)4)19(6)11-15-17-7-8-18(15)5/h7-8,12-14,16H,9-11H2,1-6H3. The molecule has 1 unspecified atom stereocenters. The lowest BCUT2D eigenvalue weighted by molar-refractivity contribution is 0.173. The Bertz CT molecular complexity index is 357. The summed E-state index contributed by atoms with van der Waals surface area (Å²) in [5.41, 5.74) is 0. The average Bonchev–Trinajstić information content (AvgIpc) is 2.69. The fraction of sp³-hybridized carbons (Fsp3) is 0.800. The largest absolute Gasteiger partial charge is 0.337 e. The maximum Gasteiger partial charge on any atom is 0.122 e. The van der Waals surface area contributed by atoms with Gasteiger partial charge in [-0.05, 0) is 25.4 Å². The van der Waals surface area contributed by atoms with Gasteiger partial charge in [-0.2, -0.15) is 0 Å². The highest BCUT2D eigenvalue weighted by Crippen LogP contribution is 2.11. The molecule has 0 aliphatic carbocycles. The molecule has 0 aromatic carbocycles. The lowest BCUT2D eigenvalue weighted by Gasteiger charge is -2.31. The second-order valence-electron chi connectivity index (χ2n) is 6.23. The third-order valence-electron chi connectivity index (χ3n) is 3.55. The van der Waals surface area contributed by atoms with Gasteiger partial charge in [0.25, 0.3) is 0 Å². The number of likely N-dealkylation sites (N-methyl/N-ethyl adjacent to an activating group) is 1. The fourth-order valence-corrected chi connectivity index (χ4v) is 2.31. The second-order valence-corrected chi connectivity index (χ2v) is 6.23. The van der Waals surface area contributed by atoms with Crippen LogP contribution in [0.3, 0.4) is 0 Å². The third-order valence-corrected chi connectivity index (χ3v) is 3.55. The van der Waals surface area contributed by atoms with Crippen LogP contribution in [0.4, 0.5) is 0 Å². The van der Waals surface area contributed by atoms with Crippen LogP contribution in [0.5, 0.6) is 0 Å². The molecule has 1 N–H and O–H groups in total. The van der Waals surface area contributed by atoms with Crippen LogP contribution in [0.15, 0.2) is 12.4 Å². The predicted octanol–water partition coefficient (Wildman–Crippen LogP) is 2.12. The molecule has 0 radical (unpaired) electrons. The molecule has 0 saturated heterocycles. The first-order valence-corrected chi connectivity index (χ1v) is 7.29.